The summed E-state index contributed by atoms with van der Waals surface area (Å²) in [5.41, 5.74) is 0. The third-order valence-electron chi connectivity index (χ3n) is 1.52. The fourth-order valence-electron chi connectivity index (χ4n) is 0.905. The predicted octanol–water partition coefficient (Wildman–Crippen LogP) is 1.26. The molecule has 0 fully saturated rings. The van der Waals surface area contributed by atoms with Crippen LogP contribution in [0.2, 0.25) is 0 Å². The molecule has 0 aliphatic carbocycles. The number of hydrogen-bond donors (Lipinski definition) is 1. The van der Waals surface area contributed by atoms with E-state index in [4.69, 9.17) is 16.1 Å². The Balaban J connectivity index is 2.30. The normalized spacial score (nSPS) is 9.08. The predicted molar refractivity (Wildman–Crippen MR) is 48.6 cm³/mol. The number of nitriles is 1. The summed E-state index contributed by atoms with van der Waals surface area (Å²) in [7, 11) is 0. The summed E-state index contributed by atoms with van der Waals surface area (Å²) in [5, 5.41) is 11.6. The van der Waals surface area contributed by atoms with Gasteiger partial charge in [0.1, 0.15) is 11.8 Å². The van der Waals surface area contributed by atoms with Crippen molar-refractivity contribution in [2.45, 2.75) is 13.0 Å². The summed E-state index contributed by atoms with van der Waals surface area (Å²) in [5.74, 6) is 3.62. The summed E-state index contributed by atoms with van der Waals surface area (Å²) in [4.78, 5) is 0. The third-order valence-corrected chi connectivity index (χ3v) is 1.52. The second-order valence-electron chi connectivity index (χ2n) is 2.51. The zero-order chi connectivity index (χ0) is 9.52. The molecule has 3 nitrogen and oxygen atoms in total. The van der Waals surface area contributed by atoms with Crippen molar-refractivity contribution in [1.82, 2.24) is 5.32 Å². The van der Waals surface area contributed by atoms with Crippen molar-refractivity contribution < 1.29 is 4.42 Å². The van der Waals surface area contributed by atoms with Crippen LogP contribution in [0.3, 0.4) is 0 Å². The molecule has 1 aromatic rings. The monoisotopic (exact) mass is 174 g/mol. The number of terminal acetylenes is 1. The minimum Gasteiger partial charge on any atom is -0.449 e. The van der Waals surface area contributed by atoms with Crippen LogP contribution < -0.4 is 5.32 Å². The molecule has 0 saturated carbocycles. The number of nitrogens with zero attached hydrogens (tertiary/aromatic N) is 1. The van der Waals surface area contributed by atoms with Gasteiger partial charge in [-0.05, 0) is 12.1 Å². The maximum Gasteiger partial charge on any atom is 0.203 e. The first-order valence-corrected chi connectivity index (χ1v) is 4.00. The second kappa shape index (κ2) is 5.03. The second-order valence-corrected chi connectivity index (χ2v) is 2.51. The van der Waals surface area contributed by atoms with E-state index >= 15 is 0 Å². The van der Waals surface area contributed by atoms with E-state index in [-0.39, 0.29) is 0 Å². The van der Waals surface area contributed by atoms with Gasteiger partial charge in [-0.25, -0.2) is 0 Å². The molecule has 66 valence electrons. The van der Waals surface area contributed by atoms with E-state index in [2.05, 4.69) is 11.2 Å². The number of hydrogen-bond acceptors (Lipinski definition) is 3. The van der Waals surface area contributed by atoms with Crippen LogP contribution in [0.1, 0.15) is 17.9 Å². The molecular formula is C10H10N2O. The molecule has 1 aromatic heterocycles. The van der Waals surface area contributed by atoms with E-state index in [1.165, 1.54) is 0 Å². The minimum atomic E-state index is 0.341. The lowest BCUT2D eigenvalue weighted by Gasteiger charge is -1.97. The Bertz CT molecular complexity index is 341. The lowest BCUT2D eigenvalue weighted by atomic mass is 10.4. The summed E-state index contributed by atoms with van der Waals surface area (Å²) in [6.45, 7) is 1.38. The standard InChI is InChI=1S/C10H10N2O/c1-2-3-6-12-8-10-5-4-9(7-11)13-10/h1,4-5,12H,3,6,8H2. The van der Waals surface area contributed by atoms with Gasteiger partial charge in [0.15, 0.2) is 0 Å². The highest BCUT2D eigenvalue weighted by molar-refractivity contribution is 5.18. The molecular weight excluding hydrogens is 164 g/mol. The highest BCUT2D eigenvalue weighted by atomic mass is 16.3. The molecule has 0 spiro atoms. The van der Waals surface area contributed by atoms with Gasteiger partial charge in [0.2, 0.25) is 5.76 Å². The van der Waals surface area contributed by atoms with Gasteiger partial charge in [0.25, 0.3) is 0 Å². The maximum atomic E-state index is 8.47. The van der Waals surface area contributed by atoms with E-state index in [9.17, 15) is 0 Å². The van der Waals surface area contributed by atoms with Gasteiger partial charge in [-0.2, -0.15) is 5.26 Å². The molecule has 0 bridgehead atoms. The van der Waals surface area contributed by atoms with Crippen LogP contribution in [0, 0.1) is 23.7 Å². The smallest absolute Gasteiger partial charge is 0.203 e. The van der Waals surface area contributed by atoms with Crippen molar-refractivity contribution >= 4 is 0 Å². The Kier molecular flexibility index (Phi) is 3.63. The largest absolute Gasteiger partial charge is 0.449 e. The summed E-state index contributed by atoms with van der Waals surface area (Å²) >= 11 is 0. The molecule has 1 N–H and O–H groups in total. The first-order chi connectivity index (χ1) is 6.36. The Labute approximate surface area is 77.4 Å². The molecule has 0 atom stereocenters. The van der Waals surface area contributed by atoms with Gasteiger partial charge in [-0.15, -0.1) is 12.3 Å². The van der Waals surface area contributed by atoms with Crippen LogP contribution in [0.25, 0.3) is 0 Å². The third kappa shape index (κ3) is 3.02. The number of nitrogens with one attached hydrogen (secondary N) is 1. The SMILES string of the molecule is C#CCCNCc1ccc(C#N)o1. The molecule has 0 aliphatic rings. The van der Waals surface area contributed by atoms with E-state index < -0.39 is 0 Å². The van der Waals surface area contributed by atoms with Gasteiger partial charge in [0, 0.05) is 13.0 Å². The molecule has 1 rings (SSSR count). The van der Waals surface area contributed by atoms with E-state index in [0.29, 0.717) is 18.7 Å². The highest BCUT2D eigenvalue weighted by Gasteiger charge is 1.98. The number of rotatable bonds is 4. The molecule has 0 saturated heterocycles. The zero-order valence-corrected chi connectivity index (χ0v) is 7.21. The maximum absolute atomic E-state index is 8.47. The molecule has 0 aliphatic heterocycles. The topological polar surface area (TPSA) is 49.0 Å². The van der Waals surface area contributed by atoms with Crippen molar-refractivity contribution in [1.29, 1.82) is 5.26 Å². The molecule has 0 aromatic carbocycles. The highest BCUT2D eigenvalue weighted by Crippen LogP contribution is 2.05. The van der Waals surface area contributed by atoms with E-state index in [1.807, 2.05) is 6.07 Å². The molecule has 0 radical (unpaired) electrons. The summed E-state index contributed by atoms with van der Waals surface area (Å²) in [6, 6.07) is 5.35. The Hall–Kier alpha value is -1.71. The summed E-state index contributed by atoms with van der Waals surface area (Å²) in [6.07, 6.45) is 5.78. The van der Waals surface area contributed by atoms with E-state index in [0.717, 1.165) is 12.3 Å². The van der Waals surface area contributed by atoms with Gasteiger partial charge < -0.3 is 9.73 Å². The first kappa shape index (κ1) is 9.38. The lowest BCUT2D eigenvalue weighted by molar-refractivity contribution is 0.476. The average Bonchev–Trinajstić information content (AvgIpc) is 2.60. The van der Waals surface area contributed by atoms with E-state index in [1.54, 1.807) is 12.1 Å². The van der Waals surface area contributed by atoms with Gasteiger partial charge in [0.05, 0.1) is 6.54 Å². The van der Waals surface area contributed by atoms with Crippen LogP contribution >= 0.6 is 0 Å². The molecule has 0 amide bonds. The fraction of sp³-hybridized carbons (Fsp3) is 0.300. The van der Waals surface area contributed by atoms with Crippen molar-refractivity contribution in [3.63, 3.8) is 0 Å². The summed E-state index contributed by atoms with van der Waals surface area (Å²) < 4.78 is 5.14. The molecule has 3 heteroatoms. The zero-order valence-electron chi connectivity index (χ0n) is 7.21. The fourth-order valence-corrected chi connectivity index (χ4v) is 0.905. The molecule has 0 unspecified atom stereocenters. The van der Waals surface area contributed by atoms with Crippen LogP contribution in [0.5, 0.6) is 0 Å². The lowest BCUT2D eigenvalue weighted by Crippen LogP contribution is -2.13. The van der Waals surface area contributed by atoms with Crippen molar-refractivity contribution in [3.8, 4) is 18.4 Å². The number of furan rings is 1. The van der Waals surface area contributed by atoms with Crippen LogP contribution in [0.15, 0.2) is 16.5 Å². The average molecular weight is 174 g/mol. The van der Waals surface area contributed by atoms with Gasteiger partial charge in [-0.1, -0.05) is 0 Å². The molecule has 1 heterocycles. The van der Waals surface area contributed by atoms with Gasteiger partial charge in [-0.3, -0.25) is 0 Å². The Morgan fingerprint density at radius 2 is 2.38 bits per heavy atom. The minimum absolute atomic E-state index is 0.341. The van der Waals surface area contributed by atoms with Crippen LogP contribution in [-0.2, 0) is 6.54 Å². The van der Waals surface area contributed by atoms with Crippen LogP contribution in [-0.4, -0.2) is 6.54 Å². The molecule has 13 heavy (non-hydrogen) atoms. The van der Waals surface area contributed by atoms with Crippen molar-refractivity contribution in [3.05, 3.63) is 23.7 Å². The van der Waals surface area contributed by atoms with Crippen molar-refractivity contribution in [2.24, 2.45) is 0 Å². The van der Waals surface area contributed by atoms with Gasteiger partial charge >= 0.3 is 0 Å². The van der Waals surface area contributed by atoms with Crippen LogP contribution in [0.4, 0.5) is 0 Å². The Morgan fingerprint density at radius 1 is 1.54 bits per heavy atom. The quantitative estimate of drug-likeness (QED) is 0.552. The van der Waals surface area contributed by atoms with Crippen molar-refractivity contribution in [2.75, 3.05) is 6.54 Å². The first-order valence-electron chi connectivity index (χ1n) is 4.00. The Morgan fingerprint density at radius 3 is 3.00 bits per heavy atom.